The smallest absolute Gasteiger partial charge is 0.416 e. The van der Waals surface area contributed by atoms with Crippen molar-refractivity contribution in [3.8, 4) is 0 Å². The number of nitrogens with zero attached hydrogens (tertiary/aromatic N) is 3. The molecule has 0 aliphatic carbocycles. The molecule has 8 heteroatoms. The Morgan fingerprint density at radius 3 is 2.64 bits per heavy atom. The van der Waals surface area contributed by atoms with Crippen LogP contribution in [0.25, 0.3) is 0 Å². The number of benzene rings is 2. The lowest BCUT2D eigenvalue weighted by Gasteiger charge is -2.47. The molecule has 0 unspecified atom stereocenters. The lowest BCUT2D eigenvalue weighted by molar-refractivity contribution is -0.166. The molecule has 4 aliphatic heterocycles. The second-order valence-corrected chi connectivity index (χ2v) is 10.9. The molecular formula is C25H24BrN3O4. The van der Waals surface area contributed by atoms with Crippen molar-refractivity contribution in [2.24, 2.45) is 0 Å². The number of fused-ring (bicyclic) bond motifs is 6. The predicted octanol–water partition coefficient (Wildman–Crippen LogP) is 3.76. The van der Waals surface area contributed by atoms with Crippen molar-refractivity contribution >= 4 is 39.5 Å². The molecule has 0 N–H and O–H groups in total. The maximum Gasteiger partial charge on any atom is 0.416 e. The highest BCUT2D eigenvalue weighted by Gasteiger charge is 2.69. The predicted molar refractivity (Wildman–Crippen MR) is 125 cm³/mol. The van der Waals surface area contributed by atoms with Gasteiger partial charge in [-0.15, -0.1) is 0 Å². The average Bonchev–Trinajstić information content (AvgIpc) is 3.44. The molecule has 0 radical (unpaired) electrons. The van der Waals surface area contributed by atoms with Crippen LogP contribution in [0.15, 0.2) is 54.6 Å². The molecule has 4 atom stereocenters. The number of alkyl halides is 1. The number of piperazine rings is 1. The molecule has 170 valence electrons. The highest BCUT2D eigenvalue weighted by molar-refractivity contribution is 9.09. The summed E-state index contributed by atoms with van der Waals surface area (Å²) in [4.78, 5) is 45.8. The summed E-state index contributed by atoms with van der Waals surface area (Å²) in [5.41, 5.74) is 1.62. The van der Waals surface area contributed by atoms with Gasteiger partial charge in [0.05, 0.1) is 10.0 Å². The molecular weight excluding hydrogens is 486 g/mol. The fraction of sp³-hybridized carbons (Fsp3) is 0.400. The van der Waals surface area contributed by atoms with E-state index in [1.54, 1.807) is 14.7 Å². The molecule has 4 heterocycles. The van der Waals surface area contributed by atoms with Crippen LogP contribution in [-0.4, -0.2) is 52.0 Å². The van der Waals surface area contributed by atoms with Crippen molar-refractivity contribution in [1.29, 1.82) is 0 Å². The van der Waals surface area contributed by atoms with E-state index in [0.29, 0.717) is 25.1 Å². The topological polar surface area (TPSA) is 70.2 Å². The zero-order valence-corrected chi connectivity index (χ0v) is 19.8. The lowest BCUT2D eigenvalue weighted by Crippen LogP contribution is -2.70. The Kier molecular flexibility index (Phi) is 4.43. The van der Waals surface area contributed by atoms with Gasteiger partial charge >= 0.3 is 6.09 Å². The van der Waals surface area contributed by atoms with E-state index in [0.717, 1.165) is 17.5 Å². The first-order valence-electron chi connectivity index (χ1n) is 11.3. The Bertz CT molecular complexity index is 1170. The van der Waals surface area contributed by atoms with Gasteiger partial charge in [0.25, 0.3) is 5.91 Å². The van der Waals surface area contributed by atoms with Crippen LogP contribution in [0.5, 0.6) is 0 Å². The number of halogens is 1. The zero-order valence-electron chi connectivity index (χ0n) is 18.2. The van der Waals surface area contributed by atoms with E-state index in [4.69, 9.17) is 4.74 Å². The van der Waals surface area contributed by atoms with E-state index in [1.807, 2.05) is 61.5 Å². The molecule has 3 amide bonds. The molecule has 0 spiro atoms. The second kappa shape index (κ2) is 7.06. The van der Waals surface area contributed by atoms with Gasteiger partial charge in [0.1, 0.15) is 24.4 Å². The number of ether oxygens (including phenoxy) is 1. The Labute approximate surface area is 200 Å². The molecule has 3 saturated heterocycles. The minimum Gasteiger partial charge on any atom is -0.444 e. The van der Waals surface area contributed by atoms with Crippen molar-refractivity contribution < 1.29 is 19.1 Å². The molecule has 0 aromatic heterocycles. The summed E-state index contributed by atoms with van der Waals surface area (Å²) in [6.45, 7) is 2.58. The molecule has 4 aliphatic rings. The average molecular weight is 510 g/mol. The highest BCUT2D eigenvalue weighted by atomic mass is 79.9. The van der Waals surface area contributed by atoms with Crippen LogP contribution in [-0.2, 0) is 25.3 Å². The van der Waals surface area contributed by atoms with Crippen molar-refractivity contribution in [2.45, 2.75) is 54.9 Å². The van der Waals surface area contributed by atoms with Gasteiger partial charge in [-0.05, 0) is 37.0 Å². The van der Waals surface area contributed by atoms with E-state index in [1.165, 1.54) is 0 Å². The third-order valence-corrected chi connectivity index (χ3v) is 8.80. The van der Waals surface area contributed by atoms with Gasteiger partial charge in [-0.3, -0.25) is 14.5 Å². The Balaban J connectivity index is 1.41. The van der Waals surface area contributed by atoms with Gasteiger partial charge in [-0.1, -0.05) is 64.5 Å². The van der Waals surface area contributed by atoms with E-state index >= 15 is 0 Å². The van der Waals surface area contributed by atoms with Crippen molar-refractivity contribution in [1.82, 2.24) is 9.80 Å². The summed E-state index contributed by atoms with van der Waals surface area (Å²) in [7, 11) is 0. The maximum atomic E-state index is 13.9. The normalized spacial score (nSPS) is 31.9. The molecule has 33 heavy (non-hydrogen) atoms. The number of carbonyl (C=O) groups is 3. The standard InChI is InChI=1S/C25H24BrN3O4/c1-24-12-7-13-27(24)20(30)19-14-25(26)17-10-5-6-11-18(17)29(21(25)28(19)22(24)31)23(32)33-15-16-8-3-2-4-9-16/h2-6,8-11,19,21H,7,12-15H2,1H3/t19-,21-,24+,25+/m1/s1. The lowest BCUT2D eigenvalue weighted by atomic mass is 9.91. The van der Waals surface area contributed by atoms with Crippen LogP contribution in [0.1, 0.15) is 37.3 Å². The first-order valence-corrected chi connectivity index (χ1v) is 12.1. The molecule has 3 fully saturated rings. The molecule has 0 saturated carbocycles. The van der Waals surface area contributed by atoms with Crippen LogP contribution < -0.4 is 4.90 Å². The summed E-state index contributed by atoms with van der Waals surface area (Å²) in [6.07, 6.45) is 0.654. The highest BCUT2D eigenvalue weighted by Crippen LogP contribution is 2.60. The van der Waals surface area contributed by atoms with Gasteiger partial charge in [0, 0.05) is 13.0 Å². The van der Waals surface area contributed by atoms with Gasteiger partial charge in [0.15, 0.2) is 0 Å². The van der Waals surface area contributed by atoms with Gasteiger partial charge < -0.3 is 14.5 Å². The second-order valence-electron chi connectivity index (χ2n) is 9.46. The Morgan fingerprint density at radius 2 is 1.85 bits per heavy atom. The van der Waals surface area contributed by atoms with E-state index in [-0.39, 0.29) is 18.4 Å². The number of rotatable bonds is 2. The molecule has 7 nitrogen and oxygen atoms in total. The molecule has 0 bridgehead atoms. The van der Waals surface area contributed by atoms with E-state index in [2.05, 4.69) is 15.9 Å². The quantitative estimate of drug-likeness (QED) is 0.578. The number of carbonyl (C=O) groups excluding carboxylic acids is 3. The summed E-state index contributed by atoms with van der Waals surface area (Å²) in [5.74, 6) is -0.123. The number of hydrogen-bond donors (Lipinski definition) is 0. The van der Waals surface area contributed by atoms with Crippen molar-refractivity contribution in [2.75, 3.05) is 11.4 Å². The van der Waals surface area contributed by atoms with Crippen LogP contribution in [0.3, 0.4) is 0 Å². The number of hydrogen-bond acceptors (Lipinski definition) is 4. The maximum absolute atomic E-state index is 13.9. The minimum atomic E-state index is -0.861. The minimum absolute atomic E-state index is 0.0297. The van der Waals surface area contributed by atoms with Gasteiger partial charge in [-0.25, -0.2) is 4.79 Å². The van der Waals surface area contributed by atoms with Crippen LogP contribution in [0.2, 0.25) is 0 Å². The third kappa shape index (κ3) is 2.70. The van der Waals surface area contributed by atoms with Crippen molar-refractivity contribution in [3.05, 3.63) is 65.7 Å². The van der Waals surface area contributed by atoms with Crippen LogP contribution >= 0.6 is 15.9 Å². The Morgan fingerprint density at radius 1 is 1.12 bits per heavy atom. The fourth-order valence-corrected chi connectivity index (χ4v) is 7.13. The van der Waals surface area contributed by atoms with Crippen LogP contribution in [0, 0.1) is 0 Å². The summed E-state index contributed by atoms with van der Waals surface area (Å²) < 4.78 is 4.97. The third-order valence-electron chi connectivity index (χ3n) is 7.64. The number of para-hydroxylation sites is 1. The summed E-state index contributed by atoms with van der Waals surface area (Å²) in [6, 6.07) is 16.5. The van der Waals surface area contributed by atoms with Crippen molar-refractivity contribution in [3.63, 3.8) is 0 Å². The Hall–Kier alpha value is -2.87. The van der Waals surface area contributed by atoms with Gasteiger partial charge in [0.2, 0.25) is 5.91 Å². The largest absolute Gasteiger partial charge is 0.444 e. The number of anilines is 1. The van der Waals surface area contributed by atoms with E-state index in [9.17, 15) is 14.4 Å². The van der Waals surface area contributed by atoms with Gasteiger partial charge in [-0.2, -0.15) is 0 Å². The number of amides is 3. The zero-order chi connectivity index (χ0) is 23.0. The van der Waals surface area contributed by atoms with Crippen LogP contribution in [0.4, 0.5) is 10.5 Å². The fourth-order valence-electron chi connectivity index (χ4n) is 6.06. The first kappa shape index (κ1) is 20.7. The van der Waals surface area contributed by atoms with E-state index < -0.39 is 28.2 Å². The SMILES string of the molecule is C[C@@]12CCCN1C(=O)[C@H]1C[C@]3(Br)c4ccccc4N(C(=O)OCc4ccccc4)[C@H]3N1C2=O. The molecule has 2 aromatic rings. The molecule has 6 rings (SSSR count). The summed E-state index contributed by atoms with van der Waals surface area (Å²) in [5, 5.41) is 0. The monoisotopic (exact) mass is 509 g/mol. The summed E-state index contributed by atoms with van der Waals surface area (Å²) >= 11 is 3.90. The molecule has 2 aromatic carbocycles. The first-order chi connectivity index (χ1) is 15.9.